The predicted octanol–water partition coefficient (Wildman–Crippen LogP) is 6.75. The lowest BCUT2D eigenvalue weighted by molar-refractivity contribution is -0.144. The molecule has 0 aliphatic carbocycles. The number of carboxylic acids is 3. The number of aliphatic carboxylic acids is 3. The summed E-state index contributed by atoms with van der Waals surface area (Å²) in [5.74, 6) is -3.25. The number of hydrogen-bond donors (Lipinski definition) is 6. The van der Waals surface area contributed by atoms with Crippen molar-refractivity contribution in [3.05, 3.63) is 130 Å². The average Bonchev–Trinajstić information content (AvgIpc) is 4.07. The highest BCUT2D eigenvalue weighted by molar-refractivity contribution is 5.88. The van der Waals surface area contributed by atoms with Crippen molar-refractivity contribution >= 4 is 39.5 Å². The van der Waals surface area contributed by atoms with Gasteiger partial charge in [0.15, 0.2) is 0 Å². The Morgan fingerprint density at radius 1 is 0.500 bits per heavy atom. The second-order valence-electron chi connectivity index (χ2n) is 17.6. The zero-order valence-corrected chi connectivity index (χ0v) is 34.3. The molecule has 10 nitrogen and oxygen atoms in total. The van der Waals surface area contributed by atoms with Gasteiger partial charge in [0.05, 0.1) is 17.8 Å². The number of nitrogens with one attached hydrogen (secondary N) is 3. The van der Waals surface area contributed by atoms with Crippen molar-refractivity contribution in [3.63, 3.8) is 0 Å². The van der Waals surface area contributed by atoms with Crippen LogP contribution in [0.15, 0.2) is 97.1 Å². The molecular weight excluding hydrogens is 753 g/mol. The molecular formula is C50H58N4O6. The van der Waals surface area contributed by atoms with Crippen molar-refractivity contribution in [2.75, 3.05) is 39.3 Å². The highest BCUT2D eigenvalue weighted by Crippen LogP contribution is 2.31. The Labute approximate surface area is 352 Å². The minimum atomic E-state index is -0.745. The van der Waals surface area contributed by atoms with Gasteiger partial charge in [-0.15, -0.1) is 0 Å². The Hall–Kier alpha value is -5.13. The van der Waals surface area contributed by atoms with Gasteiger partial charge in [-0.05, 0) is 150 Å². The molecule has 3 heterocycles. The maximum Gasteiger partial charge on any atom is 0.307 e. The lowest BCUT2D eigenvalue weighted by atomic mass is 9.85. The monoisotopic (exact) mass is 810 g/mol. The van der Waals surface area contributed by atoms with Gasteiger partial charge in [-0.3, -0.25) is 19.3 Å². The summed E-state index contributed by atoms with van der Waals surface area (Å²) in [6, 6.07) is 33.9. The SMILES string of the molecule is O=C(O)C(Cc1cccc(CN(Cc2cccc3ccc(CC(C(=O)O)C4CCNC4)cc23)Cc2cccc3ccc(CC(C(=O)O)C4CCNC4)cc23)c1)C1CCNC1. The molecule has 3 aliphatic rings. The third kappa shape index (κ3) is 9.90. The van der Waals surface area contributed by atoms with Crippen LogP contribution >= 0.6 is 0 Å². The second-order valence-corrected chi connectivity index (χ2v) is 17.6. The van der Waals surface area contributed by atoms with Crippen molar-refractivity contribution in [1.29, 1.82) is 0 Å². The van der Waals surface area contributed by atoms with Gasteiger partial charge in [-0.1, -0.05) is 97.1 Å². The van der Waals surface area contributed by atoms with E-state index in [2.05, 4.69) is 106 Å². The molecule has 0 amide bonds. The standard InChI is InChI=1S/C50H58N4O6/c55-48(56)45(38-14-17-51-26-38)23-32-4-1-5-35(20-32)29-54(30-41-8-2-6-36-12-10-33(21-43(36)41)24-46(49(57)58)39-15-18-52-27-39)31-42-9-3-7-37-13-11-34(22-44(37)42)25-47(50(59)60)40-16-19-53-28-40/h1-13,20-22,38-40,45-47,51-53H,14-19,23-31H2,(H,55,56)(H,57,58)(H,59,60). The van der Waals surface area contributed by atoms with E-state index in [1.54, 1.807) is 0 Å². The fraction of sp³-hybridized carbons (Fsp3) is 0.420. The van der Waals surface area contributed by atoms with Gasteiger partial charge in [0.1, 0.15) is 0 Å². The molecule has 10 heteroatoms. The summed E-state index contributed by atoms with van der Waals surface area (Å²) in [7, 11) is 0. The Kier molecular flexibility index (Phi) is 13.2. The van der Waals surface area contributed by atoms with Crippen LogP contribution in [0.4, 0.5) is 0 Å². The van der Waals surface area contributed by atoms with Crippen LogP contribution < -0.4 is 16.0 Å². The van der Waals surface area contributed by atoms with E-state index < -0.39 is 35.7 Å². The maximum atomic E-state index is 12.5. The average molecular weight is 811 g/mol. The molecule has 0 spiro atoms. The minimum Gasteiger partial charge on any atom is -0.481 e. The van der Waals surface area contributed by atoms with Gasteiger partial charge in [-0.2, -0.15) is 0 Å². The number of nitrogens with zero attached hydrogens (tertiary/aromatic N) is 1. The van der Waals surface area contributed by atoms with E-state index >= 15 is 0 Å². The molecule has 3 fully saturated rings. The maximum absolute atomic E-state index is 12.5. The normalized spacial score (nSPS) is 20.8. The number of carboxylic acid groups (broad SMARTS) is 3. The zero-order valence-electron chi connectivity index (χ0n) is 34.3. The molecule has 5 aromatic carbocycles. The van der Waals surface area contributed by atoms with Gasteiger partial charge in [0.2, 0.25) is 0 Å². The lowest BCUT2D eigenvalue weighted by Gasteiger charge is -2.25. The molecule has 6 atom stereocenters. The molecule has 6 N–H and O–H groups in total. The highest BCUT2D eigenvalue weighted by atomic mass is 16.4. The van der Waals surface area contributed by atoms with E-state index in [-0.39, 0.29) is 17.8 Å². The first-order valence-corrected chi connectivity index (χ1v) is 21.8. The van der Waals surface area contributed by atoms with Crippen molar-refractivity contribution < 1.29 is 29.7 Å². The van der Waals surface area contributed by atoms with Crippen LogP contribution in [0.3, 0.4) is 0 Å². The molecule has 0 radical (unpaired) electrons. The molecule has 3 aliphatic heterocycles. The summed E-state index contributed by atoms with van der Waals surface area (Å²) in [5, 5.41) is 45.1. The topological polar surface area (TPSA) is 151 Å². The van der Waals surface area contributed by atoms with Crippen LogP contribution in [-0.4, -0.2) is 77.4 Å². The first kappa shape index (κ1) is 41.6. The van der Waals surface area contributed by atoms with Gasteiger partial charge < -0.3 is 31.3 Å². The van der Waals surface area contributed by atoms with Crippen molar-refractivity contribution in [3.8, 4) is 0 Å². The number of benzene rings is 5. The third-order valence-electron chi connectivity index (χ3n) is 13.6. The van der Waals surface area contributed by atoms with Crippen LogP contribution in [0, 0.1) is 35.5 Å². The van der Waals surface area contributed by atoms with E-state index in [0.29, 0.717) is 38.9 Å². The molecule has 0 aromatic heterocycles. The van der Waals surface area contributed by atoms with Crippen molar-refractivity contribution in [2.24, 2.45) is 35.5 Å². The zero-order chi connectivity index (χ0) is 41.6. The van der Waals surface area contributed by atoms with E-state index in [9.17, 15) is 29.7 Å². The number of hydrogen-bond acceptors (Lipinski definition) is 7. The van der Waals surface area contributed by atoms with E-state index in [1.807, 2.05) is 12.1 Å². The van der Waals surface area contributed by atoms with E-state index in [4.69, 9.17) is 0 Å². The minimum absolute atomic E-state index is 0.108. The number of rotatable bonds is 18. The lowest BCUT2D eigenvalue weighted by Crippen LogP contribution is -2.27. The fourth-order valence-corrected chi connectivity index (χ4v) is 10.3. The molecule has 6 unspecified atom stereocenters. The van der Waals surface area contributed by atoms with Crippen LogP contribution in [0.5, 0.6) is 0 Å². The van der Waals surface area contributed by atoms with Gasteiger partial charge in [-0.25, -0.2) is 0 Å². The largest absolute Gasteiger partial charge is 0.481 e. The molecule has 8 rings (SSSR count). The van der Waals surface area contributed by atoms with E-state index in [0.717, 1.165) is 113 Å². The first-order valence-electron chi connectivity index (χ1n) is 21.8. The highest BCUT2D eigenvalue weighted by Gasteiger charge is 2.33. The molecule has 60 heavy (non-hydrogen) atoms. The van der Waals surface area contributed by atoms with Gasteiger partial charge in [0, 0.05) is 19.6 Å². The van der Waals surface area contributed by atoms with Crippen LogP contribution in [0.25, 0.3) is 21.5 Å². The van der Waals surface area contributed by atoms with Crippen LogP contribution in [0.2, 0.25) is 0 Å². The first-order chi connectivity index (χ1) is 29.2. The molecule has 0 saturated carbocycles. The summed E-state index contributed by atoms with van der Waals surface area (Å²) in [5.41, 5.74) is 6.46. The Bertz CT molecular complexity index is 2190. The smallest absolute Gasteiger partial charge is 0.307 e. The van der Waals surface area contributed by atoms with Crippen molar-refractivity contribution in [1.82, 2.24) is 20.9 Å². The molecule has 5 aromatic rings. The second kappa shape index (κ2) is 19.1. The predicted molar refractivity (Wildman–Crippen MR) is 235 cm³/mol. The van der Waals surface area contributed by atoms with Crippen LogP contribution in [-0.2, 0) is 53.3 Å². The summed E-state index contributed by atoms with van der Waals surface area (Å²) in [6.07, 6.45) is 4.05. The molecule has 3 saturated heterocycles. The molecule has 314 valence electrons. The summed E-state index contributed by atoms with van der Waals surface area (Å²) in [4.78, 5) is 39.8. The Morgan fingerprint density at radius 3 is 1.30 bits per heavy atom. The summed E-state index contributed by atoms with van der Waals surface area (Å²) in [6.45, 7) is 6.61. The van der Waals surface area contributed by atoms with Crippen molar-refractivity contribution in [2.45, 2.75) is 58.2 Å². The summed E-state index contributed by atoms with van der Waals surface area (Å²) >= 11 is 0. The fourth-order valence-electron chi connectivity index (χ4n) is 10.3. The Balaban J connectivity index is 1.12. The summed E-state index contributed by atoms with van der Waals surface area (Å²) < 4.78 is 0. The van der Waals surface area contributed by atoms with E-state index in [1.165, 1.54) is 0 Å². The number of fused-ring (bicyclic) bond motifs is 2. The van der Waals surface area contributed by atoms with Gasteiger partial charge >= 0.3 is 17.9 Å². The quantitative estimate of drug-likeness (QED) is 0.0561. The molecule has 0 bridgehead atoms. The number of carbonyl (C=O) groups is 3. The van der Waals surface area contributed by atoms with Gasteiger partial charge in [0.25, 0.3) is 0 Å². The third-order valence-corrected chi connectivity index (χ3v) is 13.6. The Morgan fingerprint density at radius 2 is 0.900 bits per heavy atom. The van der Waals surface area contributed by atoms with Crippen LogP contribution in [0.1, 0.15) is 52.6 Å².